The van der Waals surface area contributed by atoms with Crippen LogP contribution in [0.5, 0.6) is 0 Å². The third-order valence-corrected chi connectivity index (χ3v) is 2.67. The minimum absolute atomic E-state index is 0.933. The Morgan fingerprint density at radius 1 is 1.45 bits per heavy atom. The van der Waals surface area contributed by atoms with E-state index in [1.165, 1.54) is 32.1 Å². The highest BCUT2D eigenvalue weighted by Crippen LogP contribution is 2.36. The smallest absolute Gasteiger partial charge is 0.0464 e. The summed E-state index contributed by atoms with van der Waals surface area (Å²) in [4.78, 5) is 0. The van der Waals surface area contributed by atoms with E-state index in [0.29, 0.717) is 0 Å². The summed E-state index contributed by atoms with van der Waals surface area (Å²) in [7, 11) is 1.80. The zero-order valence-corrected chi connectivity index (χ0v) is 7.81. The molecule has 0 bridgehead atoms. The van der Waals surface area contributed by atoms with Crippen LogP contribution in [0, 0.1) is 11.8 Å². The molecule has 1 heteroatoms. The first kappa shape index (κ1) is 9.05. The van der Waals surface area contributed by atoms with Crippen LogP contribution in [0.15, 0.2) is 0 Å². The van der Waals surface area contributed by atoms with Crippen molar-refractivity contribution in [3.05, 3.63) is 0 Å². The van der Waals surface area contributed by atoms with Gasteiger partial charge in [-0.3, -0.25) is 0 Å². The van der Waals surface area contributed by atoms with Gasteiger partial charge in [-0.15, -0.1) is 0 Å². The molecule has 0 N–H and O–H groups in total. The van der Waals surface area contributed by atoms with E-state index in [4.69, 9.17) is 4.74 Å². The molecule has 0 aromatic carbocycles. The Kier molecular flexibility index (Phi) is 3.92. The maximum Gasteiger partial charge on any atom is 0.0464 e. The maximum absolute atomic E-state index is 5.08. The van der Waals surface area contributed by atoms with Crippen molar-refractivity contribution in [2.24, 2.45) is 11.8 Å². The third-order valence-electron chi connectivity index (χ3n) is 2.67. The Bertz CT molecular complexity index is 97.0. The van der Waals surface area contributed by atoms with Crippen LogP contribution in [-0.4, -0.2) is 13.7 Å². The van der Waals surface area contributed by atoms with E-state index in [1.807, 2.05) is 0 Å². The molecule has 0 spiro atoms. The summed E-state index contributed by atoms with van der Waals surface area (Å²) in [6.45, 7) is 3.24. The van der Waals surface area contributed by atoms with E-state index in [-0.39, 0.29) is 0 Å². The molecule has 0 heterocycles. The molecule has 1 saturated carbocycles. The van der Waals surface area contributed by atoms with Gasteiger partial charge >= 0.3 is 0 Å². The van der Waals surface area contributed by atoms with Gasteiger partial charge in [-0.2, -0.15) is 0 Å². The largest absolute Gasteiger partial charge is 0.385 e. The Labute approximate surface area is 70.1 Å². The van der Waals surface area contributed by atoms with Crippen LogP contribution < -0.4 is 0 Å². The van der Waals surface area contributed by atoms with Gasteiger partial charge in [0.05, 0.1) is 0 Å². The molecule has 66 valence electrons. The lowest BCUT2D eigenvalue weighted by Gasteiger charge is -2.12. The number of ether oxygens (including phenoxy) is 1. The van der Waals surface area contributed by atoms with Crippen LogP contribution in [0.3, 0.4) is 0 Å². The van der Waals surface area contributed by atoms with Gasteiger partial charge < -0.3 is 4.74 Å². The molecule has 1 unspecified atom stereocenters. The first-order valence-electron chi connectivity index (χ1n) is 4.85. The second kappa shape index (κ2) is 4.76. The molecule has 1 atom stereocenters. The SMILES string of the molecule is CCC(CCOC)CC1CC1. The van der Waals surface area contributed by atoms with Gasteiger partial charge in [0.25, 0.3) is 0 Å². The van der Waals surface area contributed by atoms with Gasteiger partial charge in [-0.1, -0.05) is 26.2 Å². The van der Waals surface area contributed by atoms with Crippen molar-refractivity contribution in [3.8, 4) is 0 Å². The zero-order chi connectivity index (χ0) is 8.10. The lowest BCUT2D eigenvalue weighted by Crippen LogP contribution is -2.03. The average molecular weight is 156 g/mol. The molecule has 11 heavy (non-hydrogen) atoms. The van der Waals surface area contributed by atoms with Crippen LogP contribution in [-0.2, 0) is 4.74 Å². The quantitative estimate of drug-likeness (QED) is 0.574. The zero-order valence-electron chi connectivity index (χ0n) is 7.81. The summed E-state index contributed by atoms with van der Waals surface area (Å²) in [6.07, 6.45) is 7.04. The van der Waals surface area contributed by atoms with Crippen molar-refractivity contribution in [3.63, 3.8) is 0 Å². The molecular weight excluding hydrogens is 136 g/mol. The topological polar surface area (TPSA) is 9.23 Å². The van der Waals surface area contributed by atoms with E-state index in [9.17, 15) is 0 Å². The summed E-state index contributed by atoms with van der Waals surface area (Å²) >= 11 is 0. The summed E-state index contributed by atoms with van der Waals surface area (Å²) in [5.74, 6) is 2.01. The van der Waals surface area contributed by atoms with Gasteiger partial charge in [0.2, 0.25) is 0 Å². The van der Waals surface area contributed by atoms with Crippen molar-refractivity contribution in [1.29, 1.82) is 0 Å². The standard InChI is InChI=1S/C10H20O/c1-3-9(6-7-11-2)8-10-4-5-10/h9-10H,3-8H2,1-2H3. The molecule has 1 fully saturated rings. The van der Waals surface area contributed by atoms with Crippen LogP contribution in [0.2, 0.25) is 0 Å². The Morgan fingerprint density at radius 2 is 2.18 bits per heavy atom. The van der Waals surface area contributed by atoms with Crippen molar-refractivity contribution < 1.29 is 4.74 Å². The number of hydrogen-bond donors (Lipinski definition) is 0. The summed E-state index contributed by atoms with van der Waals surface area (Å²) in [5, 5.41) is 0. The van der Waals surface area contributed by atoms with E-state index in [0.717, 1.165) is 18.4 Å². The first-order chi connectivity index (χ1) is 5.36. The maximum atomic E-state index is 5.08. The molecule has 0 radical (unpaired) electrons. The second-order valence-electron chi connectivity index (χ2n) is 3.73. The number of hydrogen-bond acceptors (Lipinski definition) is 1. The minimum atomic E-state index is 0.933. The highest BCUT2D eigenvalue weighted by molar-refractivity contribution is 4.76. The van der Waals surface area contributed by atoms with Gasteiger partial charge in [-0.05, 0) is 24.7 Å². The van der Waals surface area contributed by atoms with E-state index in [1.54, 1.807) is 7.11 Å². The second-order valence-corrected chi connectivity index (χ2v) is 3.73. The predicted molar refractivity (Wildman–Crippen MR) is 47.6 cm³/mol. The van der Waals surface area contributed by atoms with Crippen LogP contribution in [0.4, 0.5) is 0 Å². The van der Waals surface area contributed by atoms with E-state index < -0.39 is 0 Å². The van der Waals surface area contributed by atoms with Crippen LogP contribution >= 0.6 is 0 Å². The van der Waals surface area contributed by atoms with Crippen molar-refractivity contribution in [1.82, 2.24) is 0 Å². The molecule has 1 aliphatic rings. The lowest BCUT2D eigenvalue weighted by molar-refractivity contribution is 0.172. The Morgan fingerprint density at radius 3 is 2.64 bits per heavy atom. The molecule has 0 aliphatic heterocycles. The molecule has 0 aromatic heterocycles. The highest BCUT2D eigenvalue weighted by Gasteiger charge is 2.24. The molecular formula is C10H20O. The average Bonchev–Trinajstić information content (AvgIpc) is 2.81. The Hall–Kier alpha value is -0.0400. The summed E-state index contributed by atoms with van der Waals surface area (Å²) in [6, 6.07) is 0. The normalized spacial score (nSPS) is 20.2. The molecule has 0 amide bonds. The van der Waals surface area contributed by atoms with E-state index in [2.05, 4.69) is 6.92 Å². The van der Waals surface area contributed by atoms with Crippen molar-refractivity contribution in [2.75, 3.05) is 13.7 Å². The number of rotatable bonds is 6. The number of methoxy groups -OCH3 is 1. The molecule has 1 rings (SSSR count). The lowest BCUT2D eigenvalue weighted by atomic mass is 9.96. The fraction of sp³-hybridized carbons (Fsp3) is 1.00. The van der Waals surface area contributed by atoms with Gasteiger partial charge in [-0.25, -0.2) is 0 Å². The van der Waals surface area contributed by atoms with Gasteiger partial charge in [0.1, 0.15) is 0 Å². The van der Waals surface area contributed by atoms with Gasteiger partial charge in [0.15, 0.2) is 0 Å². The van der Waals surface area contributed by atoms with Crippen molar-refractivity contribution >= 4 is 0 Å². The highest BCUT2D eigenvalue weighted by atomic mass is 16.5. The van der Waals surface area contributed by atoms with Crippen LogP contribution in [0.1, 0.15) is 39.0 Å². The monoisotopic (exact) mass is 156 g/mol. The minimum Gasteiger partial charge on any atom is -0.385 e. The fourth-order valence-electron chi connectivity index (χ4n) is 1.60. The summed E-state index contributed by atoms with van der Waals surface area (Å²) < 4.78 is 5.08. The van der Waals surface area contributed by atoms with E-state index >= 15 is 0 Å². The van der Waals surface area contributed by atoms with Crippen LogP contribution in [0.25, 0.3) is 0 Å². The molecule has 0 saturated heterocycles. The first-order valence-corrected chi connectivity index (χ1v) is 4.85. The predicted octanol–water partition coefficient (Wildman–Crippen LogP) is 2.85. The molecule has 1 aliphatic carbocycles. The fourth-order valence-corrected chi connectivity index (χ4v) is 1.60. The summed E-state index contributed by atoms with van der Waals surface area (Å²) in [5.41, 5.74) is 0. The Balaban J connectivity index is 2.02. The third kappa shape index (κ3) is 3.76. The van der Waals surface area contributed by atoms with Gasteiger partial charge in [0, 0.05) is 13.7 Å². The molecule has 1 nitrogen and oxygen atoms in total. The van der Waals surface area contributed by atoms with Crippen molar-refractivity contribution in [2.45, 2.75) is 39.0 Å². The molecule has 0 aromatic rings.